The highest BCUT2D eigenvalue weighted by Crippen LogP contribution is 2.34. The molecule has 0 unspecified atom stereocenters. The summed E-state index contributed by atoms with van der Waals surface area (Å²) in [6, 6.07) is 12.8. The number of halogens is 1. The maximum absolute atomic E-state index is 12.7. The fourth-order valence-electron chi connectivity index (χ4n) is 2.79. The number of rotatable bonds is 8. The van der Waals surface area contributed by atoms with Crippen LogP contribution in [-0.2, 0) is 4.79 Å². The van der Waals surface area contributed by atoms with Crippen molar-refractivity contribution in [2.75, 3.05) is 20.3 Å². The molecule has 0 spiro atoms. The predicted molar refractivity (Wildman–Crippen MR) is 121 cm³/mol. The number of nitrogens with zero attached hydrogens (tertiary/aromatic N) is 1. The summed E-state index contributed by atoms with van der Waals surface area (Å²) in [6.07, 6.45) is 1.76. The lowest BCUT2D eigenvalue weighted by Gasteiger charge is -2.14. The van der Waals surface area contributed by atoms with Gasteiger partial charge in [-0.3, -0.25) is 14.5 Å². The number of carbonyl (C=O) groups is 2. The second-order valence-corrected chi connectivity index (χ2v) is 8.54. The topological polar surface area (TPSA) is 65.1 Å². The molecule has 1 saturated heterocycles. The Bertz CT molecular complexity index is 976. The highest BCUT2D eigenvalue weighted by molar-refractivity contribution is 9.10. The zero-order valence-electron chi connectivity index (χ0n) is 16.9. The van der Waals surface area contributed by atoms with Crippen LogP contribution in [0.4, 0.5) is 4.79 Å². The SMILES string of the molecule is COc1ccccc1OCCN1C(=O)S/C(=C\c2ccc(OC(C)C)c(Br)c2)C1=O. The number of hydrogen-bond acceptors (Lipinski definition) is 6. The third-order valence-electron chi connectivity index (χ3n) is 4.13. The van der Waals surface area contributed by atoms with Crippen molar-refractivity contribution in [2.45, 2.75) is 20.0 Å². The summed E-state index contributed by atoms with van der Waals surface area (Å²) in [5, 5.41) is -0.311. The highest BCUT2D eigenvalue weighted by Gasteiger charge is 2.34. The van der Waals surface area contributed by atoms with E-state index in [2.05, 4.69) is 15.9 Å². The number of methoxy groups -OCH3 is 1. The quantitative estimate of drug-likeness (QED) is 0.463. The molecule has 0 aromatic heterocycles. The largest absolute Gasteiger partial charge is 0.493 e. The number of ether oxygens (including phenoxy) is 3. The molecule has 2 aromatic carbocycles. The molecule has 0 saturated carbocycles. The van der Waals surface area contributed by atoms with Gasteiger partial charge in [-0.25, -0.2) is 0 Å². The van der Waals surface area contributed by atoms with E-state index in [1.165, 1.54) is 4.90 Å². The van der Waals surface area contributed by atoms with Gasteiger partial charge in [-0.2, -0.15) is 0 Å². The van der Waals surface area contributed by atoms with Crippen LogP contribution in [0.1, 0.15) is 19.4 Å². The molecule has 158 valence electrons. The highest BCUT2D eigenvalue weighted by atomic mass is 79.9. The smallest absolute Gasteiger partial charge is 0.293 e. The Morgan fingerprint density at radius 2 is 1.83 bits per heavy atom. The van der Waals surface area contributed by atoms with Gasteiger partial charge in [0.1, 0.15) is 12.4 Å². The van der Waals surface area contributed by atoms with Crippen LogP contribution >= 0.6 is 27.7 Å². The van der Waals surface area contributed by atoms with E-state index in [0.717, 1.165) is 27.5 Å². The van der Waals surface area contributed by atoms with E-state index < -0.39 is 0 Å². The van der Waals surface area contributed by atoms with Crippen molar-refractivity contribution >= 4 is 44.9 Å². The standard InChI is InChI=1S/C22H22BrNO5S/c1-14(2)29-17-9-8-15(12-16(17)23)13-20-21(25)24(22(26)30-20)10-11-28-19-7-5-4-6-18(19)27-3/h4-9,12-14H,10-11H2,1-3H3/b20-13-. The number of amides is 2. The van der Waals surface area contributed by atoms with Crippen molar-refractivity contribution in [2.24, 2.45) is 0 Å². The average molecular weight is 492 g/mol. The van der Waals surface area contributed by atoms with Crippen LogP contribution in [0, 0.1) is 0 Å². The third kappa shape index (κ3) is 5.37. The minimum Gasteiger partial charge on any atom is -0.493 e. The molecule has 0 N–H and O–H groups in total. The first-order chi connectivity index (χ1) is 14.4. The second kappa shape index (κ2) is 10.0. The number of para-hydroxylation sites is 2. The van der Waals surface area contributed by atoms with E-state index in [-0.39, 0.29) is 30.4 Å². The van der Waals surface area contributed by atoms with Gasteiger partial charge >= 0.3 is 0 Å². The zero-order chi connectivity index (χ0) is 21.7. The number of thioether (sulfide) groups is 1. The van der Waals surface area contributed by atoms with Gasteiger partial charge in [0, 0.05) is 0 Å². The number of benzene rings is 2. The maximum atomic E-state index is 12.7. The Kier molecular flexibility index (Phi) is 7.44. The molecule has 0 atom stereocenters. The van der Waals surface area contributed by atoms with Crippen LogP contribution in [0.3, 0.4) is 0 Å². The maximum Gasteiger partial charge on any atom is 0.293 e. The van der Waals surface area contributed by atoms with E-state index in [0.29, 0.717) is 16.4 Å². The monoisotopic (exact) mass is 491 g/mol. The molecule has 3 rings (SSSR count). The fraction of sp³-hybridized carbons (Fsp3) is 0.273. The molecular formula is C22H22BrNO5S. The van der Waals surface area contributed by atoms with Gasteiger partial charge in [-0.15, -0.1) is 0 Å². The molecule has 2 aromatic rings. The van der Waals surface area contributed by atoms with Crippen LogP contribution in [0.2, 0.25) is 0 Å². The molecular weight excluding hydrogens is 470 g/mol. The Balaban J connectivity index is 1.65. The van der Waals surface area contributed by atoms with E-state index in [9.17, 15) is 9.59 Å². The Morgan fingerprint density at radius 3 is 2.50 bits per heavy atom. The van der Waals surface area contributed by atoms with Crippen molar-refractivity contribution < 1.29 is 23.8 Å². The third-order valence-corrected chi connectivity index (χ3v) is 5.66. The lowest BCUT2D eigenvalue weighted by Crippen LogP contribution is -2.32. The normalized spacial score (nSPS) is 15.2. The summed E-state index contributed by atoms with van der Waals surface area (Å²) in [7, 11) is 1.56. The van der Waals surface area contributed by atoms with Crippen LogP contribution in [0.25, 0.3) is 6.08 Å². The molecule has 30 heavy (non-hydrogen) atoms. The van der Waals surface area contributed by atoms with Crippen molar-refractivity contribution in [3.63, 3.8) is 0 Å². The van der Waals surface area contributed by atoms with E-state index in [4.69, 9.17) is 14.2 Å². The molecule has 0 bridgehead atoms. The first-order valence-corrected chi connectivity index (χ1v) is 11.0. The molecule has 1 heterocycles. The van der Waals surface area contributed by atoms with Gasteiger partial charge in [0.05, 0.1) is 29.1 Å². The van der Waals surface area contributed by atoms with Crippen LogP contribution < -0.4 is 14.2 Å². The van der Waals surface area contributed by atoms with Gasteiger partial charge in [0.15, 0.2) is 11.5 Å². The summed E-state index contributed by atoms with van der Waals surface area (Å²) in [5.74, 6) is 1.56. The van der Waals surface area contributed by atoms with Crippen LogP contribution in [0.15, 0.2) is 51.8 Å². The lowest BCUT2D eigenvalue weighted by molar-refractivity contribution is -0.123. The minimum absolute atomic E-state index is 0.0572. The van der Waals surface area contributed by atoms with Gasteiger partial charge in [-0.05, 0) is 77.4 Å². The van der Waals surface area contributed by atoms with Gasteiger partial charge in [0.25, 0.3) is 11.1 Å². The summed E-state index contributed by atoms with van der Waals surface area (Å²) in [4.78, 5) is 26.6. The van der Waals surface area contributed by atoms with Gasteiger partial charge in [-0.1, -0.05) is 18.2 Å². The molecule has 1 fully saturated rings. The second-order valence-electron chi connectivity index (χ2n) is 6.69. The van der Waals surface area contributed by atoms with Gasteiger partial charge in [0.2, 0.25) is 0 Å². The van der Waals surface area contributed by atoms with E-state index in [1.807, 2.05) is 44.2 Å². The zero-order valence-corrected chi connectivity index (χ0v) is 19.3. The summed E-state index contributed by atoms with van der Waals surface area (Å²) >= 11 is 4.40. The molecule has 8 heteroatoms. The number of carbonyl (C=O) groups excluding carboxylic acids is 2. The summed E-state index contributed by atoms with van der Waals surface area (Å²) < 4.78 is 17.4. The number of hydrogen-bond donors (Lipinski definition) is 0. The van der Waals surface area contributed by atoms with E-state index >= 15 is 0 Å². The van der Waals surface area contributed by atoms with Crippen molar-refractivity contribution in [1.29, 1.82) is 0 Å². The van der Waals surface area contributed by atoms with Crippen molar-refractivity contribution in [3.8, 4) is 17.2 Å². The predicted octanol–water partition coefficient (Wildman–Crippen LogP) is 5.36. The summed E-state index contributed by atoms with van der Waals surface area (Å²) in [6.45, 7) is 4.24. The first-order valence-electron chi connectivity index (χ1n) is 9.36. The molecule has 6 nitrogen and oxygen atoms in total. The lowest BCUT2D eigenvalue weighted by atomic mass is 10.2. The molecule has 2 amide bonds. The molecule has 0 radical (unpaired) electrons. The van der Waals surface area contributed by atoms with E-state index in [1.54, 1.807) is 25.3 Å². The van der Waals surface area contributed by atoms with Gasteiger partial charge < -0.3 is 14.2 Å². The molecule has 0 aliphatic carbocycles. The Morgan fingerprint density at radius 1 is 1.10 bits per heavy atom. The van der Waals surface area contributed by atoms with Crippen LogP contribution in [0.5, 0.6) is 17.2 Å². The Hall–Kier alpha value is -2.45. The fourth-order valence-corrected chi connectivity index (χ4v) is 4.14. The van der Waals surface area contributed by atoms with Crippen LogP contribution in [-0.4, -0.2) is 42.4 Å². The molecule has 1 aliphatic heterocycles. The first kappa shape index (κ1) is 22.2. The Labute approximate surface area is 188 Å². The molecule has 1 aliphatic rings. The average Bonchev–Trinajstić information content (AvgIpc) is 2.97. The number of imide groups is 1. The summed E-state index contributed by atoms with van der Waals surface area (Å²) in [5.41, 5.74) is 0.800. The van der Waals surface area contributed by atoms with Crippen molar-refractivity contribution in [3.05, 3.63) is 57.4 Å². The van der Waals surface area contributed by atoms with Crippen molar-refractivity contribution in [1.82, 2.24) is 4.90 Å². The minimum atomic E-state index is -0.327.